The first kappa shape index (κ1) is 12.5. The maximum absolute atomic E-state index is 12.8. The van der Waals surface area contributed by atoms with E-state index in [1.165, 1.54) is 30.6 Å². The van der Waals surface area contributed by atoms with Crippen molar-refractivity contribution < 1.29 is 13.9 Å². The van der Waals surface area contributed by atoms with Gasteiger partial charge in [-0.25, -0.2) is 9.37 Å². The van der Waals surface area contributed by atoms with Crippen LogP contribution in [0, 0.1) is 5.82 Å². The molecule has 0 aliphatic carbocycles. The first-order chi connectivity index (χ1) is 8.69. The Kier molecular flexibility index (Phi) is 3.88. The van der Waals surface area contributed by atoms with Crippen molar-refractivity contribution in [1.82, 2.24) is 4.98 Å². The Hall–Kier alpha value is -1.95. The molecule has 0 amide bonds. The van der Waals surface area contributed by atoms with Gasteiger partial charge in [0, 0.05) is 10.9 Å². The normalized spacial score (nSPS) is 10.1. The highest BCUT2D eigenvalue weighted by Crippen LogP contribution is 2.24. The molecule has 0 unspecified atom stereocenters. The maximum atomic E-state index is 12.8. The third-order valence-electron chi connectivity index (χ3n) is 2.26. The van der Waals surface area contributed by atoms with Crippen molar-refractivity contribution in [2.24, 2.45) is 0 Å². The van der Waals surface area contributed by atoms with E-state index in [-0.39, 0.29) is 18.3 Å². The summed E-state index contributed by atoms with van der Waals surface area (Å²) < 4.78 is 17.3. The van der Waals surface area contributed by atoms with E-state index < -0.39 is 0 Å². The van der Waals surface area contributed by atoms with E-state index in [1.807, 2.05) is 5.38 Å². The van der Waals surface area contributed by atoms with Crippen LogP contribution >= 0.6 is 11.3 Å². The Morgan fingerprint density at radius 3 is 2.83 bits per heavy atom. The second-order valence-electron chi connectivity index (χ2n) is 3.47. The van der Waals surface area contributed by atoms with E-state index in [0.29, 0.717) is 5.13 Å². The summed E-state index contributed by atoms with van der Waals surface area (Å²) in [6, 6.07) is 6.09. The van der Waals surface area contributed by atoms with Crippen molar-refractivity contribution >= 4 is 22.4 Å². The number of anilines is 1. The molecule has 0 fully saturated rings. The summed E-state index contributed by atoms with van der Waals surface area (Å²) in [6.45, 7) is 0.0763. The number of nitrogens with one attached hydrogen (secondary N) is 1. The van der Waals surface area contributed by atoms with Gasteiger partial charge < -0.3 is 10.1 Å². The smallest absolute Gasteiger partial charge is 0.325 e. The van der Waals surface area contributed by atoms with Gasteiger partial charge in [-0.1, -0.05) is 0 Å². The summed E-state index contributed by atoms with van der Waals surface area (Å²) in [4.78, 5) is 15.2. The first-order valence-electron chi connectivity index (χ1n) is 5.21. The molecule has 1 aromatic heterocycles. The van der Waals surface area contributed by atoms with E-state index >= 15 is 0 Å². The molecule has 1 heterocycles. The fourth-order valence-corrected chi connectivity index (χ4v) is 2.05. The highest BCUT2D eigenvalue weighted by atomic mass is 32.1. The lowest BCUT2D eigenvalue weighted by Crippen LogP contribution is -2.14. The summed E-state index contributed by atoms with van der Waals surface area (Å²) >= 11 is 1.38. The van der Waals surface area contributed by atoms with E-state index in [1.54, 1.807) is 12.1 Å². The van der Waals surface area contributed by atoms with Crippen LogP contribution < -0.4 is 5.32 Å². The van der Waals surface area contributed by atoms with Crippen LogP contribution in [0.1, 0.15) is 0 Å². The molecular formula is C12H11FN2O2S. The van der Waals surface area contributed by atoms with Gasteiger partial charge in [-0.2, -0.15) is 0 Å². The number of benzene rings is 1. The number of carbonyl (C=O) groups is 1. The molecule has 0 aliphatic rings. The number of aromatic nitrogens is 1. The van der Waals surface area contributed by atoms with Gasteiger partial charge in [0.2, 0.25) is 0 Å². The second-order valence-corrected chi connectivity index (χ2v) is 4.33. The van der Waals surface area contributed by atoms with Crippen LogP contribution in [-0.4, -0.2) is 24.6 Å². The van der Waals surface area contributed by atoms with Gasteiger partial charge in [-0.3, -0.25) is 4.79 Å². The molecule has 4 nitrogen and oxygen atoms in total. The molecular weight excluding hydrogens is 255 g/mol. The van der Waals surface area contributed by atoms with Crippen LogP contribution in [-0.2, 0) is 9.53 Å². The van der Waals surface area contributed by atoms with E-state index in [0.717, 1.165) is 11.3 Å². The number of rotatable bonds is 4. The minimum Gasteiger partial charge on any atom is -0.468 e. The molecule has 0 atom stereocenters. The molecule has 1 N–H and O–H groups in total. The zero-order valence-corrected chi connectivity index (χ0v) is 10.5. The lowest BCUT2D eigenvalue weighted by atomic mass is 10.2. The minimum absolute atomic E-state index is 0.0763. The van der Waals surface area contributed by atoms with Crippen LogP contribution in [0.25, 0.3) is 11.3 Å². The lowest BCUT2D eigenvalue weighted by molar-refractivity contribution is -0.138. The minimum atomic E-state index is -0.353. The fraction of sp³-hybridized carbons (Fsp3) is 0.167. The van der Waals surface area contributed by atoms with Crippen molar-refractivity contribution in [3.8, 4) is 11.3 Å². The fourth-order valence-electron chi connectivity index (χ4n) is 1.33. The van der Waals surface area contributed by atoms with Crippen LogP contribution in [0.4, 0.5) is 9.52 Å². The summed E-state index contributed by atoms with van der Waals surface area (Å²) in [6.07, 6.45) is 0. The lowest BCUT2D eigenvalue weighted by Gasteiger charge is -2.00. The molecule has 0 radical (unpaired) electrons. The highest BCUT2D eigenvalue weighted by Gasteiger charge is 2.06. The average Bonchev–Trinajstić information content (AvgIpc) is 2.85. The Morgan fingerprint density at radius 2 is 2.17 bits per heavy atom. The SMILES string of the molecule is COC(=O)CNc1nc(-c2ccc(F)cc2)cs1. The van der Waals surface area contributed by atoms with Crippen molar-refractivity contribution in [3.05, 3.63) is 35.5 Å². The number of methoxy groups -OCH3 is 1. The average molecular weight is 266 g/mol. The summed E-state index contributed by atoms with van der Waals surface area (Å²) in [5.41, 5.74) is 1.58. The van der Waals surface area contributed by atoms with Gasteiger partial charge in [-0.15, -0.1) is 11.3 Å². The molecule has 1 aromatic carbocycles. The first-order valence-corrected chi connectivity index (χ1v) is 6.09. The van der Waals surface area contributed by atoms with Crippen LogP contribution in [0.3, 0.4) is 0 Å². The summed E-state index contributed by atoms with van der Waals surface area (Å²) in [7, 11) is 1.33. The summed E-state index contributed by atoms with van der Waals surface area (Å²) in [5, 5.41) is 5.32. The monoisotopic (exact) mass is 266 g/mol. The zero-order valence-electron chi connectivity index (χ0n) is 9.64. The molecule has 94 valence electrons. The van der Waals surface area contributed by atoms with Crippen molar-refractivity contribution in [2.75, 3.05) is 19.0 Å². The number of esters is 1. The van der Waals surface area contributed by atoms with Crippen LogP contribution in [0.2, 0.25) is 0 Å². The molecule has 0 saturated carbocycles. The van der Waals surface area contributed by atoms with Crippen LogP contribution in [0.15, 0.2) is 29.6 Å². The standard InChI is InChI=1S/C12H11FN2O2S/c1-17-11(16)6-14-12-15-10(7-18-12)8-2-4-9(13)5-3-8/h2-5,7H,6H2,1H3,(H,14,15). The number of thiazole rings is 1. The van der Waals surface area contributed by atoms with Gasteiger partial charge in [0.1, 0.15) is 12.4 Å². The van der Waals surface area contributed by atoms with Crippen molar-refractivity contribution in [3.63, 3.8) is 0 Å². The summed E-state index contributed by atoms with van der Waals surface area (Å²) in [5.74, 6) is -0.633. The quantitative estimate of drug-likeness (QED) is 0.864. The Morgan fingerprint density at radius 1 is 1.44 bits per heavy atom. The Bertz CT molecular complexity index is 539. The third kappa shape index (κ3) is 3.04. The maximum Gasteiger partial charge on any atom is 0.325 e. The number of hydrogen-bond acceptors (Lipinski definition) is 5. The molecule has 6 heteroatoms. The van der Waals surface area contributed by atoms with E-state index in [2.05, 4.69) is 15.0 Å². The molecule has 0 spiro atoms. The Balaban J connectivity index is 2.06. The molecule has 18 heavy (non-hydrogen) atoms. The van der Waals surface area contributed by atoms with Crippen molar-refractivity contribution in [2.45, 2.75) is 0 Å². The number of ether oxygens (including phenoxy) is 1. The van der Waals surface area contributed by atoms with Gasteiger partial charge >= 0.3 is 5.97 Å². The largest absolute Gasteiger partial charge is 0.468 e. The molecule has 0 saturated heterocycles. The number of nitrogens with zero attached hydrogens (tertiary/aromatic N) is 1. The number of halogens is 1. The predicted octanol–water partition coefficient (Wildman–Crippen LogP) is 2.53. The van der Waals surface area contributed by atoms with E-state index in [9.17, 15) is 9.18 Å². The predicted molar refractivity (Wildman–Crippen MR) is 68.0 cm³/mol. The Labute approximate surface area is 107 Å². The molecule has 0 aliphatic heterocycles. The van der Waals surface area contributed by atoms with Crippen LogP contribution in [0.5, 0.6) is 0 Å². The topological polar surface area (TPSA) is 51.2 Å². The van der Waals surface area contributed by atoms with Gasteiger partial charge in [0.05, 0.1) is 12.8 Å². The van der Waals surface area contributed by atoms with E-state index in [4.69, 9.17) is 0 Å². The third-order valence-corrected chi connectivity index (χ3v) is 3.06. The zero-order chi connectivity index (χ0) is 13.0. The van der Waals surface area contributed by atoms with Gasteiger partial charge in [-0.05, 0) is 24.3 Å². The molecule has 2 rings (SSSR count). The van der Waals surface area contributed by atoms with Crippen molar-refractivity contribution in [1.29, 1.82) is 0 Å². The molecule has 0 bridgehead atoms. The van der Waals surface area contributed by atoms with Gasteiger partial charge in [0.15, 0.2) is 5.13 Å². The number of hydrogen-bond donors (Lipinski definition) is 1. The second kappa shape index (κ2) is 5.59. The highest BCUT2D eigenvalue weighted by molar-refractivity contribution is 7.14. The molecule has 2 aromatic rings. The number of carbonyl (C=O) groups excluding carboxylic acids is 1. The van der Waals surface area contributed by atoms with Gasteiger partial charge in [0.25, 0.3) is 0 Å².